The lowest BCUT2D eigenvalue weighted by atomic mass is 9.93. The quantitative estimate of drug-likeness (QED) is 0.636. The number of hydrogen-bond acceptors (Lipinski definition) is 3. The van der Waals surface area contributed by atoms with Crippen LogP contribution >= 0.6 is 12.4 Å². The first-order valence-electron chi connectivity index (χ1n) is 6.21. The molecule has 0 heterocycles. The van der Waals surface area contributed by atoms with Gasteiger partial charge in [-0.3, -0.25) is 4.79 Å². The van der Waals surface area contributed by atoms with Gasteiger partial charge in [0.25, 0.3) is 0 Å². The summed E-state index contributed by atoms with van der Waals surface area (Å²) in [6.07, 6.45) is 2.93. The summed E-state index contributed by atoms with van der Waals surface area (Å²) in [4.78, 5) is 11.9. The molecule has 0 bridgehead atoms. The van der Waals surface area contributed by atoms with Crippen molar-refractivity contribution < 1.29 is 9.53 Å². The zero-order chi connectivity index (χ0) is 12.7. The molecule has 1 aromatic carbocycles. The Morgan fingerprint density at radius 2 is 1.89 bits per heavy atom. The highest BCUT2D eigenvalue weighted by Crippen LogP contribution is 2.24. The fourth-order valence-electron chi connectivity index (χ4n) is 1.80. The molecule has 0 saturated carbocycles. The maximum atomic E-state index is 11.9. The Kier molecular flexibility index (Phi) is 8.21. The van der Waals surface area contributed by atoms with Crippen LogP contribution in [0, 0.1) is 0 Å². The topological polar surface area (TPSA) is 52.3 Å². The number of rotatable bonds is 6. The molecule has 1 rings (SSSR count). The summed E-state index contributed by atoms with van der Waals surface area (Å²) in [7, 11) is 0. The van der Waals surface area contributed by atoms with E-state index in [-0.39, 0.29) is 24.3 Å². The highest BCUT2D eigenvalue weighted by molar-refractivity contribution is 5.85. The Morgan fingerprint density at radius 3 is 2.39 bits per heavy atom. The van der Waals surface area contributed by atoms with E-state index in [2.05, 4.69) is 6.92 Å². The molecule has 0 aliphatic heterocycles. The summed E-state index contributed by atoms with van der Waals surface area (Å²) in [5.41, 5.74) is 7.35. The average molecular weight is 272 g/mol. The van der Waals surface area contributed by atoms with Gasteiger partial charge in [-0.1, -0.05) is 31.9 Å². The Balaban J connectivity index is 0.00000289. The first-order valence-corrected chi connectivity index (χ1v) is 6.21. The first-order chi connectivity index (χ1) is 8.19. The third-order valence-corrected chi connectivity index (χ3v) is 2.76. The van der Waals surface area contributed by atoms with Crippen LogP contribution in [0.5, 0.6) is 0 Å². The summed E-state index contributed by atoms with van der Waals surface area (Å²) >= 11 is 0. The van der Waals surface area contributed by atoms with Crippen molar-refractivity contribution >= 4 is 24.1 Å². The van der Waals surface area contributed by atoms with E-state index in [4.69, 9.17) is 10.5 Å². The maximum Gasteiger partial charge on any atom is 0.313 e. The van der Waals surface area contributed by atoms with Crippen LogP contribution < -0.4 is 5.73 Å². The minimum absolute atomic E-state index is 0. The average Bonchev–Trinajstić information content (AvgIpc) is 2.32. The highest BCUT2D eigenvalue weighted by atomic mass is 35.5. The molecule has 0 aliphatic rings. The van der Waals surface area contributed by atoms with E-state index in [1.807, 2.05) is 31.2 Å². The third kappa shape index (κ3) is 4.96. The van der Waals surface area contributed by atoms with Gasteiger partial charge in [0.2, 0.25) is 0 Å². The van der Waals surface area contributed by atoms with Crippen LogP contribution in [0.2, 0.25) is 0 Å². The number of unbranched alkanes of at least 4 members (excludes halogenated alkanes) is 1. The molecule has 2 N–H and O–H groups in total. The van der Waals surface area contributed by atoms with Gasteiger partial charge < -0.3 is 10.5 Å². The van der Waals surface area contributed by atoms with Crippen molar-refractivity contribution in [3.8, 4) is 0 Å². The molecule has 0 radical (unpaired) electrons. The Hall–Kier alpha value is -1.22. The van der Waals surface area contributed by atoms with E-state index in [1.54, 1.807) is 0 Å². The number of halogens is 1. The van der Waals surface area contributed by atoms with Gasteiger partial charge in [0, 0.05) is 5.69 Å². The Bertz CT molecular complexity index is 351. The van der Waals surface area contributed by atoms with Crippen LogP contribution in [0.15, 0.2) is 24.3 Å². The second-order valence-electron chi connectivity index (χ2n) is 4.11. The Morgan fingerprint density at radius 1 is 1.28 bits per heavy atom. The molecule has 1 unspecified atom stereocenters. The minimum atomic E-state index is -0.157. The van der Waals surface area contributed by atoms with E-state index in [0.29, 0.717) is 12.3 Å². The van der Waals surface area contributed by atoms with Crippen molar-refractivity contribution in [1.29, 1.82) is 0 Å². The highest BCUT2D eigenvalue weighted by Gasteiger charge is 2.20. The van der Waals surface area contributed by atoms with Gasteiger partial charge in [0.15, 0.2) is 0 Å². The fraction of sp³-hybridized carbons (Fsp3) is 0.500. The van der Waals surface area contributed by atoms with Crippen LogP contribution in [0.25, 0.3) is 0 Å². The number of nitrogens with two attached hydrogens (primary N) is 1. The smallest absolute Gasteiger partial charge is 0.313 e. The molecule has 18 heavy (non-hydrogen) atoms. The summed E-state index contributed by atoms with van der Waals surface area (Å²) in [5, 5.41) is 0. The van der Waals surface area contributed by atoms with Gasteiger partial charge in [-0.05, 0) is 31.0 Å². The number of hydrogen-bond donors (Lipinski definition) is 1. The molecule has 0 spiro atoms. The molecule has 1 aromatic rings. The van der Waals surface area contributed by atoms with Crippen LogP contribution in [0.3, 0.4) is 0 Å². The normalized spacial score (nSPS) is 11.4. The predicted molar refractivity (Wildman–Crippen MR) is 77.0 cm³/mol. The summed E-state index contributed by atoms with van der Waals surface area (Å²) in [5.74, 6) is -0.291. The second-order valence-corrected chi connectivity index (χ2v) is 4.11. The molecule has 0 amide bonds. The third-order valence-electron chi connectivity index (χ3n) is 2.76. The summed E-state index contributed by atoms with van der Waals surface area (Å²) < 4.78 is 5.12. The molecule has 0 aromatic heterocycles. The predicted octanol–water partition coefficient (Wildman–Crippen LogP) is 3.53. The van der Waals surface area contributed by atoms with Crippen LogP contribution in [-0.2, 0) is 9.53 Å². The molecule has 0 fully saturated rings. The van der Waals surface area contributed by atoms with Gasteiger partial charge >= 0.3 is 5.97 Å². The first kappa shape index (κ1) is 16.8. The monoisotopic (exact) mass is 271 g/mol. The molecule has 0 saturated heterocycles. The van der Waals surface area contributed by atoms with Gasteiger partial charge in [0.05, 0.1) is 12.5 Å². The fourth-order valence-corrected chi connectivity index (χ4v) is 1.80. The number of esters is 1. The van der Waals surface area contributed by atoms with E-state index < -0.39 is 0 Å². The van der Waals surface area contributed by atoms with Gasteiger partial charge in [-0.15, -0.1) is 12.4 Å². The molecule has 3 nitrogen and oxygen atoms in total. The standard InChI is InChI=1S/C14H21NO2.ClH/c1-3-5-6-13(14(16)17-4-2)11-7-9-12(15)10-8-11;/h7-10,13H,3-6,15H2,1-2H3;1H. The van der Waals surface area contributed by atoms with Crippen molar-refractivity contribution in [1.82, 2.24) is 0 Å². The molecule has 1 atom stereocenters. The zero-order valence-electron chi connectivity index (χ0n) is 11.0. The van der Waals surface area contributed by atoms with Crippen molar-refractivity contribution in [3.05, 3.63) is 29.8 Å². The number of benzene rings is 1. The molecule has 0 aliphatic carbocycles. The lowest BCUT2D eigenvalue weighted by Gasteiger charge is -2.15. The van der Waals surface area contributed by atoms with Crippen molar-refractivity contribution in [2.45, 2.75) is 39.0 Å². The van der Waals surface area contributed by atoms with E-state index in [0.717, 1.165) is 24.8 Å². The SMILES string of the molecule is CCCCC(C(=O)OCC)c1ccc(N)cc1.Cl. The van der Waals surface area contributed by atoms with Crippen LogP contribution in [0.4, 0.5) is 5.69 Å². The van der Waals surface area contributed by atoms with Crippen LogP contribution in [0.1, 0.15) is 44.6 Å². The molecule has 4 heteroatoms. The Labute approximate surface area is 115 Å². The second kappa shape index (κ2) is 8.81. The van der Waals surface area contributed by atoms with E-state index in [9.17, 15) is 4.79 Å². The van der Waals surface area contributed by atoms with Crippen molar-refractivity contribution in [3.63, 3.8) is 0 Å². The van der Waals surface area contributed by atoms with Gasteiger partial charge in [-0.2, -0.15) is 0 Å². The van der Waals surface area contributed by atoms with E-state index in [1.165, 1.54) is 0 Å². The number of nitrogen functional groups attached to an aromatic ring is 1. The molecular formula is C14H22ClNO2. The van der Waals surface area contributed by atoms with E-state index >= 15 is 0 Å². The molecule has 102 valence electrons. The minimum Gasteiger partial charge on any atom is -0.466 e. The van der Waals surface area contributed by atoms with Crippen molar-refractivity contribution in [2.24, 2.45) is 0 Å². The van der Waals surface area contributed by atoms with Crippen molar-refractivity contribution in [2.75, 3.05) is 12.3 Å². The molecular weight excluding hydrogens is 250 g/mol. The van der Waals surface area contributed by atoms with Gasteiger partial charge in [-0.25, -0.2) is 0 Å². The summed E-state index contributed by atoms with van der Waals surface area (Å²) in [6.45, 7) is 4.37. The maximum absolute atomic E-state index is 11.9. The number of carbonyl (C=O) groups is 1. The lowest BCUT2D eigenvalue weighted by Crippen LogP contribution is -2.16. The van der Waals surface area contributed by atoms with Gasteiger partial charge in [0.1, 0.15) is 0 Å². The van der Waals surface area contributed by atoms with Crippen LogP contribution in [-0.4, -0.2) is 12.6 Å². The number of anilines is 1. The summed E-state index contributed by atoms with van der Waals surface area (Å²) in [6, 6.07) is 7.47. The largest absolute Gasteiger partial charge is 0.466 e. The zero-order valence-corrected chi connectivity index (χ0v) is 11.8. The number of carbonyl (C=O) groups excluding carboxylic acids is 1. The lowest BCUT2D eigenvalue weighted by molar-refractivity contribution is -0.145. The number of ether oxygens (including phenoxy) is 1.